The van der Waals surface area contributed by atoms with Gasteiger partial charge in [0.05, 0.1) is 17.0 Å². The van der Waals surface area contributed by atoms with Gasteiger partial charge in [-0.2, -0.15) is 5.10 Å². The molecule has 1 amide bonds. The van der Waals surface area contributed by atoms with Crippen LogP contribution < -0.4 is 5.32 Å². The average Bonchev–Trinajstić information content (AvgIpc) is 2.91. The number of hydrogen-bond donors (Lipinski definition) is 1. The van der Waals surface area contributed by atoms with Crippen molar-refractivity contribution < 1.29 is 9.18 Å². The van der Waals surface area contributed by atoms with Gasteiger partial charge in [0.2, 0.25) is 5.91 Å². The molecule has 6 heteroatoms. The van der Waals surface area contributed by atoms with E-state index in [2.05, 4.69) is 52.0 Å². The van der Waals surface area contributed by atoms with Crippen LogP contribution in [-0.4, -0.2) is 21.4 Å². The van der Waals surface area contributed by atoms with E-state index < -0.39 is 0 Å². The molecule has 2 rings (SSSR count). The summed E-state index contributed by atoms with van der Waals surface area (Å²) in [7, 11) is 0. The summed E-state index contributed by atoms with van der Waals surface area (Å²) in [4.78, 5) is 13.2. The van der Waals surface area contributed by atoms with Crippen LogP contribution in [0.15, 0.2) is 35.2 Å². The molecule has 0 spiro atoms. The molecule has 1 aromatic carbocycles. The van der Waals surface area contributed by atoms with Crippen molar-refractivity contribution in [3.8, 4) is 0 Å². The number of carbonyl (C=O) groups excluding carboxylic acids is 1. The molecule has 2 aromatic rings. The zero-order valence-corrected chi connectivity index (χ0v) is 16.5. The van der Waals surface area contributed by atoms with Crippen LogP contribution in [0.4, 0.5) is 10.2 Å². The molecule has 0 radical (unpaired) electrons. The quantitative estimate of drug-likeness (QED) is 0.793. The summed E-state index contributed by atoms with van der Waals surface area (Å²) in [6.45, 7) is 12.4. The first-order valence-corrected chi connectivity index (χ1v) is 9.24. The number of anilines is 1. The zero-order chi connectivity index (χ0) is 18.8. The Morgan fingerprint density at radius 3 is 2.28 bits per heavy atom. The number of amides is 1. The second-order valence-electron chi connectivity index (χ2n) is 8.04. The lowest BCUT2D eigenvalue weighted by molar-refractivity contribution is -0.113. The number of hydrogen-bond acceptors (Lipinski definition) is 3. The summed E-state index contributed by atoms with van der Waals surface area (Å²) in [5.41, 5.74) is 0.596. The molecule has 1 N–H and O–H groups in total. The van der Waals surface area contributed by atoms with Crippen molar-refractivity contribution in [1.29, 1.82) is 0 Å². The first-order valence-electron chi connectivity index (χ1n) is 8.26. The van der Waals surface area contributed by atoms with Crippen LogP contribution in [0.25, 0.3) is 0 Å². The van der Waals surface area contributed by atoms with Crippen molar-refractivity contribution in [1.82, 2.24) is 9.78 Å². The number of thioether (sulfide) groups is 1. The Hall–Kier alpha value is -1.82. The maximum atomic E-state index is 12.9. The predicted octanol–water partition coefficient (Wildman–Crippen LogP) is 4.81. The Kier molecular flexibility index (Phi) is 5.62. The first-order chi connectivity index (χ1) is 11.5. The van der Waals surface area contributed by atoms with E-state index in [0.717, 1.165) is 10.6 Å². The topological polar surface area (TPSA) is 46.9 Å². The molecule has 0 fully saturated rings. The van der Waals surface area contributed by atoms with E-state index in [-0.39, 0.29) is 28.4 Å². The normalized spacial score (nSPS) is 12.3. The average molecular weight is 364 g/mol. The van der Waals surface area contributed by atoms with Gasteiger partial charge in [0.1, 0.15) is 11.6 Å². The molecular formula is C19H26FN3OS. The minimum absolute atomic E-state index is 0.0984. The highest BCUT2D eigenvalue weighted by atomic mass is 32.2. The standard InChI is InChI=1S/C19H26FN3OS/c1-18(2,3)15-11-16(23(22-15)19(4,5)6)21-17(24)12-25-14-9-7-13(20)8-10-14/h7-11H,12H2,1-6H3,(H,21,24). The molecule has 25 heavy (non-hydrogen) atoms. The van der Waals surface area contributed by atoms with Gasteiger partial charge in [-0.25, -0.2) is 9.07 Å². The van der Waals surface area contributed by atoms with E-state index >= 15 is 0 Å². The summed E-state index contributed by atoms with van der Waals surface area (Å²) in [6, 6.07) is 8.07. The van der Waals surface area contributed by atoms with Crippen molar-refractivity contribution >= 4 is 23.5 Å². The van der Waals surface area contributed by atoms with E-state index in [1.807, 2.05) is 10.7 Å². The number of nitrogens with one attached hydrogen (secondary N) is 1. The van der Waals surface area contributed by atoms with E-state index in [1.54, 1.807) is 12.1 Å². The SMILES string of the molecule is CC(C)(C)c1cc(NC(=O)CSc2ccc(F)cc2)n(C(C)(C)C)n1. The largest absolute Gasteiger partial charge is 0.310 e. The minimum Gasteiger partial charge on any atom is -0.310 e. The Bertz CT molecular complexity index is 740. The molecule has 0 atom stereocenters. The third-order valence-electron chi connectivity index (χ3n) is 3.56. The number of aromatic nitrogens is 2. The number of halogens is 1. The van der Waals surface area contributed by atoms with Crippen molar-refractivity contribution in [3.05, 3.63) is 41.8 Å². The molecule has 1 aromatic heterocycles. The summed E-state index contributed by atoms with van der Waals surface area (Å²) in [5, 5.41) is 7.65. The molecule has 0 bridgehead atoms. The molecule has 0 unspecified atom stereocenters. The van der Waals surface area contributed by atoms with Crippen LogP contribution in [0.5, 0.6) is 0 Å². The monoisotopic (exact) mass is 363 g/mol. The van der Waals surface area contributed by atoms with Crippen LogP contribution in [-0.2, 0) is 15.7 Å². The minimum atomic E-state index is -0.280. The van der Waals surface area contributed by atoms with Gasteiger partial charge < -0.3 is 5.32 Å². The molecule has 0 aliphatic carbocycles. The van der Waals surface area contributed by atoms with Gasteiger partial charge in [-0.05, 0) is 45.0 Å². The predicted molar refractivity (Wildman–Crippen MR) is 102 cm³/mol. The fraction of sp³-hybridized carbons (Fsp3) is 0.474. The molecule has 4 nitrogen and oxygen atoms in total. The third-order valence-corrected chi connectivity index (χ3v) is 4.58. The number of nitrogens with zero attached hydrogens (tertiary/aromatic N) is 2. The van der Waals surface area contributed by atoms with E-state index in [1.165, 1.54) is 23.9 Å². The van der Waals surface area contributed by atoms with Gasteiger partial charge >= 0.3 is 0 Å². The van der Waals surface area contributed by atoms with Gasteiger partial charge in [-0.15, -0.1) is 11.8 Å². The van der Waals surface area contributed by atoms with Gasteiger partial charge in [-0.1, -0.05) is 20.8 Å². The van der Waals surface area contributed by atoms with Crippen LogP contribution in [0.2, 0.25) is 0 Å². The van der Waals surface area contributed by atoms with Gasteiger partial charge in [-0.3, -0.25) is 4.79 Å². The summed E-state index contributed by atoms with van der Waals surface area (Å²) in [6.07, 6.45) is 0. The summed E-state index contributed by atoms with van der Waals surface area (Å²) >= 11 is 1.37. The summed E-state index contributed by atoms with van der Waals surface area (Å²) in [5.74, 6) is 0.561. The van der Waals surface area contributed by atoms with Crippen molar-refractivity contribution in [2.24, 2.45) is 0 Å². The van der Waals surface area contributed by atoms with Crippen LogP contribution >= 0.6 is 11.8 Å². The molecule has 1 heterocycles. The van der Waals surface area contributed by atoms with Gasteiger partial charge in [0, 0.05) is 16.4 Å². The van der Waals surface area contributed by atoms with Gasteiger partial charge in [0.25, 0.3) is 0 Å². The molecule has 0 aliphatic rings. The Balaban J connectivity index is 2.11. The number of carbonyl (C=O) groups is 1. The van der Waals surface area contributed by atoms with Crippen molar-refractivity contribution in [2.75, 3.05) is 11.1 Å². The second-order valence-corrected chi connectivity index (χ2v) is 9.09. The highest BCUT2D eigenvalue weighted by molar-refractivity contribution is 8.00. The highest BCUT2D eigenvalue weighted by Crippen LogP contribution is 2.28. The lowest BCUT2D eigenvalue weighted by atomic mass is 9.92. The fourth-order valence-electron chi connectivity index (χ4n) is 2.21. The van der Waals surface area contributed by atoms with Crippen LogP contribution in [0.1, 0.15) is 47.2 Å². The highest BCUT2D eigenvalue weighted by Gasteiger charge is 2.25. The van der Waals surface area contributed by atoms with Crippen molar-refractivity contribution in [2.45, 2.75) is 57.4 Å². The molecule has 0 aliphatic heterocycles. The maximum absolute atomic E-state index is 12.9. The molecule has 136 valence electrons. The van der Waals surface area contributed by atoms with E-state index in [4.69, 9.17) is 0 Å². The molecular weight excluding hydrogens is 337 g/mol. The molecule has 0 saturated heterocycles. The third kappa shape index (κ3) is 5.33. The Morgan fingerprint density at radius 2 is 1.76 bits per heavy atom. The Morgan fingerprint density at radius 1 is 1.16 bits per heavy atom. The smallest absolute Gasteiger partial charge is 0.235 e. The maximum Gasteiger partial charge on any atom is 0.235 e. The zero-order valence-electron chi connectivity index (χ0n) is 15.7. The fourth-order valence-corrected chi connectivity index (χ4v) is 2.91. The van der Waals surface area contributed by atoms with E-state index in [9.17, 15) is 9.18 Å². The summed E-state index contributed by atoms with van der Waals surface area (Å²) < 4.78 is 14.8. The molecule has 0 saturated carbocycles. The second kappa shape index (κ2) is 7.20. The first kappa shape index (κ1) is 19.5. The lowest BCUT2D eigenvalue weighted by Gasteiger charge is -2.23. The van der Waals surface area contributed by atoms with Crippen LogP contribution in [0.3, 0.4) is 0 Å². The number of benzene rings is 1. The van der Waals surface area contributed by atoms with Crippen LogP contribution in [0, 0.1) is 5.82 Å². The van der Waals surface area contributed by atoms with E-state index in [0.29, 0.717) is 5.82 Å². The van der Waals surface area contributed by atoms with Gasteiger partial charge in [0.15, 0.2) is 0 Å². The number of rotatable bonds is 4. The lowest BCUT2D eigenvalue weighted by Crippen LogP contribution is -2.27. The Labute approximate surface area is 153 Å². The van der Waals surface area contributed by atoms with Crippen molar-refractivity contribution in [3.63, 3.8) is 0 Å².